The fourth-order valence-electron chi connectivity index (χ4n) is 1.94. The Morgan fingerprint density at radius 1 is 1.21 bits per heavy atom. The Labute approximate surface area is 112 Å². The van der Waals surface area contributed by atoms with Crippen molar-refractivity contribution < 1.29 is 21.6 Å². The van der Waals surface area contributed by atoms with Crippen molar-refractivity contribution in [3.05, 3.63) is 41.3 Å². The molecule has 0 saturated carbocycles. The topological polar surface area (TPSA) is 77.5 Å². The number of hydrogen-bond acceptors (Lipinski definition) is 5. The molecule has 1 aliphatic heterocycles. The van der Waals surface area contributed by atoms with Gasteiger partial charge >= 0.3 is 0 Å². The summed E-state index contributed by atoms with van der Waals surface area (Å²) in [6.07, 6.45) is 1.19. The summed E-state index contributed by atoms with van der Waals surface area (Å²) >= 11 is 0. The Bertz CT molecular complexity index is 701. The van der Waals surface area contributed by atoms with E-state index in [1.165, 1.54) is 13.2 Å². The van der Waals surface area contributed by atoms with Crippen molar-refractivity contribution in [3.8, 4) is 5.75 Å². The Morgan fingerprint density at radius 3 is 2.63 bits per heavy atom. The molecule has 0 radical (unpaired) electrons. The van der Waals surface area contributed by atoms with Crippen LogP contribution in [0.2, 0.25) is 0 Å². The van der Waals surface area contributed by atoms with E-state index >= 15 is 0 Å². The minimum Gasteiger partial charge on any atom is -0.497 e. The van der Waals surface area contributed by atoms with Crippen LogP contribution in [0.4, 0.5) is 0 Å². The molecule has 2 rings (SSSR count). The van der Waals surface area contributed by atoms with Gasteiger partial charge in [-0.3, -0.25) is 0 Å². The van der Waals surface area contributed by atoms with Crippen LogP contribution in [0.5, 0.6) is 5.75 Å². The highest BCUT2D eigenvalue weighted by molar-refractivity contribution is 7.97. The molecule has 0 bridgehead atoms. The van der Waals surface area contributed by atoms with Crippen molar-refractivity contribution >= 4 is 19.7 Å². The highest BCUT2D eigenvalue weighted by atomic mass is 32.2. The molecule has 1 unspecified atom stereocenters. The zero-order valence-corrected chi connectivity index (χ0v) is 11.9. The molecule has 0 saturated heterocycles. The number of methoxy groups -OCH3 is 1. The second kappa shape index (κ2) is 4.97. The average Bonchev–Trinajstić information content (AvgIpc) is 2.45. The van der Waals surface area contributed by atoms with E-state index in [4.69, 9.17) is 4.74 Å². The minimum absolute atomic E-state index is 0.243. The second-order valence-corrected chi connectivity index (χ2v) is 8.48. The number of rotatable bonds is 2. The molecule has 1 heterocycles. The molecule has 19 heavy (non-hydrogen) atoms. The van der Waals surface area contributed by atoms with Gasteiger partial charge in [0, 0.05) is 5.41 Å². The summed E-state index contributed by atoms with van der Waals surface area (Å²) < 4.78 is 52.7. The van der Waals surface area contributed by atoms with E-state index < -0.39 is 30.7 Å². The molecule has 0 fully saturated rings. The fraction of sp³-hybridized carbons (Fsp3) is 0.333. The molecule has 104 valence electrons. The third kappa shape index (κ3) is 3.16. The van der Waals surface area contributed by atoms with Gasteiger partial charge in [0.15, 0.2) is 19.7 Å². The molecular formula is C12H14O5S2. The summed E-state index contributed by atoms with van der Waals surface area (Å²) in [6.45, 7) is 0. The normalized spacial score (nSPS) is 24.6. The van der Waals surface area contributed by atoms with Gasteiger partial charge in [-0.15, -0.1) is 0 Å². The minimum atomic E-state index is -3.62. The smallest absolute Gasteiger partial charge is 0.179 e. The van der Waals surface area contributed by atoms with Crippen molar-refractivity contribution in [1.29, 1.82) is 0 Å². The van der Waals surface area contributed by atoms with E-state index in [1.807, 2.05) is 0 Å². The summed E-state index contributed by atoms with van der Waals surface area (Å²) in [4.78, 5) is 0. The van der Waals surface area contributed by atoms with Crippen LogP contribution < -0.4 is 4.74 Å². The summed E-state index contributed by atoms with van der Waals surface area (Å²) in [7, 11) is -5.57. The third-order valence-electron chi connectivity index (χ3n) is 2.90. The molecule has 1 aromatic rings. The van der Waals surface area contributed by atoms with Crippen molar-refractivity contribution in [2.45, 2.75) is 5.25 Å². The Hall–Kier alpha value is -1.34. The molecule has 0 amide bonds. The van der Waals surface area contributed by atoms with Gasteiger partial charge in [0.2, 0.25) is 0 Å². The van der Waals surface area contributed by atoms with E-state index in [0.717, 1.165) is 5.41 Å². The molecule has 0 aliphatic carbocycles. The first-order valence-corrected chi connectivity index (χ1v) is 9.02. The third-order valence-corrected chi connectivity index (χ3v) is 6.46. The number of hydrogen-bond donors (Lipinski definition) is 0. The Morgan fingerprint density at radius 2 is 1.95 bits per heavy atom. The second-order valence-electron chi connectivity index (χ2n) is 4.30. The largest absolute Gasteiger partial charge is 0.497 e. The van der Waals surface area contributed by atoms with Gasteiger partial charge in [-0.1, -0.05) is 18.2 Å². The van der Waals surface area contributed by atoms with Crippen LogP contribution in [0.1, 0.15) is 10.8 Å². The number of sulfone groups is 2. The SMILES string of the molecule is COc1cccc(C2CS(=O)(=O)CC=CS2(=O)=O)c1. The van der Waals surface area contributed by atoms with Crippen LogP contribution in [0.15, 0.2) is 35.7 Å². The Kier molecular flexibility index (Phi) is 3.69. The zero-order valence-electron chi connectivity index (χ0n) is 10.3. The van der Waals surface area contributed by atoms with E-state index in [0.29, 0.717) is 11.3 Å². The molecule has 0 N–H and O–H groups in total. The van der Waals surface area contributed by atoms with Crippen molar-refractivity contribution in [3.63, 3.8) is 0 Å². The summed E-state index contributed by atoms with van der Waals surface area (Å²) in [5.41, 5.74) is 0.425. The van der Waals surface area contributed by atoms with Gasteiger partial charge in [-0.05, 0) is 17.7 Å². The van der Waals surface area contributed by atoms with Crippen molar-refractivity contribution in [2.24, 2.45) is 0 Å². The van der Waals surface area contributed by atoms with E-state index in [9.17, 15) is 16.8 Å². The van der Waals surface area contributed by atoms with Crippen LogP contribution in [0.25, 0.3) is 0 Å². The van der Waals surface area contributed by atoms with E-state index in [2.05, 4.69) is 0 Å². The van der Waals surface area contributed by atoms with Crippen LogP contribution in [0.3, 0.4) is 0 Å². The monoisotopic (exact) mass is 302 g/mol. The lowest BCUT2D eigenvalue weighted by molar-refractivity contribution is 0.414. The maximum atomic E-state index is 12.1. The van der Waals surface area contributed by atoms with Crippen molar-refractivity contribution in [1.82, 2.24) is 0 Å². The molecule has 1 aliphatic rings. The first-order chi connectivity index (χ1) is 8.84. The van der Waals surface area contributed by atoms with Crippen LogP contribution in [-0.2, 0) is 19.7 Å². The molecule has 0 aromatic heterocycles. The quantitative estimate of drug-likeness (QED) is 0.817. The maximum absolute atomic E-state index is 12.1. The van der Waals surface area contributed by atoms with Crippen LogP contribution in [0, 0.1) is 0 Å². The predicted octanol–water partition coefficient (Wildman–Crippen LogP) is 1.09. The lowest BCUT2D eigenvalue weighted by Gasteiger charge is -2.14. The van der Waals surface area contributed by atoms with Gasteiger partial charge in [0.05, 0.1) is 18.6 Å². The highest BCUT2D eigenvalue weighted by Crippen LogP contribution is 2.30. The van der Waals surface area contributed by atoms with Crippen molar-refractivity contribution in [2.75, 3.05) is 18.6 Å². The average molecular weight is 302 g/mol. The van der Waals surface area contributed by atoms with Gasteiger partial charge in [-0.2, -0.15) is 0 Å². The van der Waals surface area contributed by atoms with Gasteiger partial charge in [0.25, 0.3) is 0 Å². The number of ether oxygens (including phenoxy) is 1. The predicted molar refractivity (Wildman–Crippen MR) is 72.4 cm³/mol. The lowest BCUT2D eigenvalue weighted by atomic mass is 10.1. The standard InChI is InChI=1S/C12H14O5S2/c1-17-11-5-2-4-10(8-11)12-9-18(13,14)6-3-7-19(12,15)16/h2-5,7-8,12H,6,9H2,1H3. The first-order valence-electron chi connectivity index (χ1n) is 5.59. The van der Waals surface area contributed by atoms with Crippen LogP contribution in [-0.4, -0.2) is 35.5 Å². The van der Waals surface area contributed by atoms with Crippen LogP contribution >= 0.6 is 0 Å². The summed E-state index contributed by atoms with van der Waals surface area (Å²) in [5, 5.41) is -0.0897. The summed E-state index contributed by atoms with van der Waals surface area (Å²) in [6, 6.07) is 6.47. The molecule has 5 nitrogen and oxygen atoms in total. The van der Waals surface area contributed by atoms with Gasteiger partial charge < -0.3 is 4.74 Å². The van der Waals surface area contributed by atoms with E-state index in [1.54, 1.807) is 24.3 Å². The lowest BCUT2D eigenvalue weighted by Crippen LogP contribution is -2.20. The molecule has 1 aromatic carbocycles. The molecule has 1 atom stereocenters. The maximum Gasteiger partial charge on any atom is 0.179 e. The van der Waals surface area contributed by atoms with Gasteiger partial charge in [-0.25, -0.2) is 16.8 Å². The first kappa shape index (κ1) is 14.1. The highest BCUT2D eigenvalue weighted by Gasteiger charge is 2.32. The fourth-order valence-corrected chi connectivity index (χ4v) is 5.70. The molecule has 0 spiro atoms. The molecular weight excluding hydrogens is 288 g/mol. The molecule has 7 heteroatoms. The van der Waals surface area contributed by atoms with Gasteiger partial charge in [0.1, 0.15) is 11.0 Å². The number of benzene rings is 1. The summed E-state index contributed by atoms with van der Waals surface area (Å²) in [5.74, 6) is -0.152. The zero-order chi connectivity index (χ0) is 14.1. The van der Waals surface area contributed by atoms with E-state index in [-0.39, 0.29) is 5.75 Å². The Balaban J connectivity index is 2.53.